The van der Waals surface area contributed by atoms with Crippen LogP contribution in [0.3, 0.4) is 0 Å². The fourth-order valence-electron chi connectivity index (χ4n) is 2.93. The summed E-state index contributed by atoms with van der Waals surface area (Å²) in [6.45, 7) is 1.11. The van der Waals surface area contributed by atoms with Crippen molar-refractivity contribution in [3.8, 4) is 0 Å². The zero-order valence-corrected chi connectivity index (χ0v) is 14.0. The number of hydrogen-bond donors (Lipinski definition) is 1. The minimum atomic E-state index is -0.183. The largest absolute Gasteiger partial charge is 0.361 e. The number of H-pyrrole nitrogens is 1. The second-order valence-electron chi connectivity index (χ2n) is 6.43. The van der Waals surface area contributed by atoms with Crippen LogP contribution in [0.5, 0.6) is 0 Å². The van der Waals surface area contributed by atoms with Gasteiger partial charge in [0.25, 0.3) is 11.8 Å². The van der Waals surface area contributed by atoms with Gasteiger partial charge in [0.1, 0.15) is 0 Å². The van der Waals surface area contributed by atoms with Gasteiger partial charge in [-0.05, 0) is 23.6 Å². The summed E-state index contributed by atoms with van der Waals surface area (Å²) in [5, 5.41) is 9.01. The number of amides is 2. The molecule has 8 nitrogen and oxygen atoms in total. The Kier molecular flexibility index (Phi) is 3.52. The summed E-state index contributed by atoms with van der Waals surface area (Å²) in [5.41, 5.74) is 1.92. The van der Waals surface area contributed by atoms with Gasteiger partial charge in [0.2, 0.25) is 0 Å². The molecule has 2 amide bonds. The number of nitrogens with zero attached hydrogens (tertiary/aromatic N) is 5. The van der Waals surface area contributed by atoms with Gasteiger partial charge in [-0.2, -0.15) is 0 Å². The van der Waals surface area contributed by atoms with E-state index >= 15 is 0 Å². The molecule has 0 aliphatic carbocycles. The lowest BCUT2D eigenvalue weighted by atomic mass is 10.1. The minimum absolute atomic E-state index is 0.00235. The molecule has 1 aromatic carbocycles. The van der Waals surface area contributed by atoms with E-state index in [4.69, 9.17) is 0 Å². The van der Waals surface area contributed by atoms with E-state index in [1.54, 1.807) is 29.9 Å². The topological polar surface area (TPSA) is 87.1 Å². The standard InChI is InChI=1S/C17H18N6O2/c1-21(2)17(25)15-10-23(20-19-15)13-8-22(9-13)16(24)12-4-3-11-5-6-18-14(11)7-12/h3-7,10,13,18H,8-9H2,1-2H3. The molecule has 1 N–H and O–H groups in total. The molecule has 3 aromatic rings. The number of aromatic amines is 1. The van der Waals surface area contributed by atoms with E-state index in [1.165, 1.54) is 4.90 Å². The highest BCUT2D eigenvalue weighted by molar-refractivity contribution is 5.98. The van der Waals surface area contributed by atoms with E-state index in [0.717, 1.165) is 10.9 Å². The summed E-state index contributed by atoms with van der Waals surface area (Å²) in [6, 6.07) is 7.67. The Morgan fingerprint density at radius 1 is 1.24 bits per heavy atom. The van der Waals surface area contributed by atoms with Crippen molar-refractivity contribution >= 4 is 22.7 Å². The van der Waals surface area contributed by atoms with Crippen LogP contribution in [0.4, 0.5) is 0 Å². The van der Waals surface area contributed by atoms with E-state index in [9.17, 15) is 9.59 Å². The van der Waals surface area contributed by atoms with Crippen LogP contribution in [0.15, 0.2) is 36.7 Å². The zero-order valence-electron chi connectivity index (χ0n) is 14.0. The fourth-order valence-corrected chi connectivity index (χ4v) is 2.93. The van der Waals surface area contributed by atoms with Gasteiger partial charge in [-0.15, -0.1) is 5.10 Å². The molecule has 2 aromatic heterocycles. The first-order valence-corrected chi connectivity index (χ1v) is 8.03. The monoisotopic (exact) mass is 338 g/mol. The smallest absolute Gasteiger partial charge is 0.275 e. The van der Waals surface area contributed by atoms with Crippen molar-refractivity contribution in [1.82, 2.24) is 29.8 Å². The van der Waals surface area contributed by atoms with Crippen LogP contribution in [0.2, 0.25) is 0 Å². The Morgan fingerprint density at radius 2 is 2.04 bits per heavy atom. The maximum Gasteiger partial charge on any atom is 0.275 e. The number of nitrogens with one attached hydrogen (secondary N) is 1. The van der Waals surface area contributed by atoms with Gasteiger partial charge in [-0.25, -0.2) is 4.68 Å². The first kappa shape index (κ1) is 15.4. The summed E-state index contributed by atoms with van der Waals surface area (Å²) in [4.78, 5) is 30.8. The third-order valence-electron chi connectivity index (χ3n) is 4.46. The Labute approximate surface area is 144 Å². The number of carbonyl (C=O) groups excluding carboxylic acids is 2. The quantitative estimate of drug-likeness (QED) is 0.776. The highest BCUT2D eigenvalue weighted by Crippen LogP contribution is 2.24. The van der Waals surface area contributed by atoms with E-state index in [-0.39, 0.29) is 17.9 Å². The number of benzene rings is 1. The van der Waals surface area contributed by atoms with Gasteiger partial charge in [-0.3, -0.25) is 9.59 Å². The van der Waals surface area contributed by atoms with Crippen LogP contribution >= 0.6 is 0 Å². The molecule has 1 aliphatic heterocycles. The molecular formula is C17H18N6O2. The SMILES string of the molecule is CN(C)C(=O)c1cn(C2CN(C(=O)c3ccc4cc[nH]c4c3)C2)nn1. The molecule has 1 aliphatic rings. The summed E-state index contributed by atoms with van der Waals surface area (Å²) in [7, 11) is 3.35. The Bertz CT molecular complexity index is 951. The average molecular weight is 338 g/mol. The number of carbonyl (C=O) groups is 2. The maximum absolute atomic E-state index is 12.6. The highest BCUT2D eigenvalue weighted by atomic mass is 16.2. The highest BCUT2D eigenvalue weighted by Gasteiger charge is 2.33. The number of aromatic nitrogens is 4. The van der Waals surface area contributed by atoms with Crippen LogP contribution in [-0.2, 0) is 0 Å². The van der Waals surface area contributed by atoms with Gasteiger partial charge in [0, 0.05) is 44.5 Å². The van der Waals surface area contributed by atoms with E-state index in [2.05, 4.69) is 15.3 Å². The molecule has 128 valence electrons. The Balaban J connectivity index is 1.43. The van der Waals surface area contributed by atoms with E-state index in [1.807, 2.05) is 30.5 Å². The van der Waals surface area contributed by atoms with E-state index in [0.29, 0.717) is 24.3 Å². The second kappa shape index (κ2) is 5.73. The molecule has 0 spiro atoms. The molecule has 1 saturated heterocycles. The third-order valence-corrected chi connectivity index (χ3v) is 4.46. The van der Waals surface area contributed by atoms with Gasteiger partial charge in [0.15, 0.2) is 5.69 Å². The molecule has 25 heavy (non-hydrogen) atoms. The second-order valence-corrected chi connectivity index (χ2v) is 6.43. The average Bonchev–Trinajstić information content (AvgIpc) is 3.21. The summed E-state index contributed by atoms with van der Waals surface area (Å²) in [6.07, 6.45) is 3.50. The molecule has 3 heterocycles. The van der Waals surface area contributed by atoms with Crippen molar-refractivity contribution in [2.45, 2.75) is 6.04 Å². The molecule has 0 atom stereocenters. The fraction of sp³-hybridized carbons (Fsp3) is 0.294. The molecule has 8 heteroatoms. The van der Waals surface area contributed by atoms with Crippen LogP contribution in [0, 0.1) is 0 Å². The Hall–Kier alpha value is -3.16. The number of rotatable bonds is 3. The summed E-state index contributed by atoms with van der Waals surface area (Å²) >= 11 is 0. The Morgan fingerprint density at radius 3 is 2.80 bits per heavy atom. The van der Waals surface area contributed by atoms with Gasteiger partial charge >= 0.3 is 0 Å². The number of hydrogen-bond acceptors (Lipinski definition) is 4. The van der Waals surface area contributed by atoms with Crippen LogP contribution in [0.1, 0.15) is 26.9 Å². The van der Waals surface area contributed by atoms with Gasteiger partial charge in [-0.1, -0.05) is 11.3 Å². The van der Waals surface area contributed by atoms with Gasteiger partial charge < -0.3 is 14.8 Å². The van der Waals surface area contributed by atoms with Crippen molar-refractivity contribution in [2.75, 3.05) is 27.2 Å². The lowest BCUT2D eigenvalue weighted by Gasteiger charge is -2.38. The van der Waals surface area contributed by atoms with Crippen molar-refractivity contribution < 1.29 is 9.59 Å². The summed E-state index contributed by atoms with van der Waals surface area (Å²) in [5.74, 6) is -0.185. The van der Waals surface area contributed by atoms with Crippen molar-refractivity contribution in [3.05, 3.63) is 47.9 Å². The van der Waals surface area contributed by atoms with Crippen molar-refractivity contribution in [1.29, 1.82) is 0 Å². The molecular weight excluding hydrogens is 320 g/mol. The predicted octanol–water partition coefficient (Wildman–Crippen LogP) is 1.16. The van der Waals surface area contributed by atoms with E-state index < -0.39 is 0 Å². The van der Waals surface area contributed by atoms with Crippen molar-refractivity contribution in [2.24, 2.45) is 0 Å². The van der Waals surface area contributed by atoms with Crippen molar-refractivity contribution in [3.63, 3.8) is 0 Å². The minimum Gasteiger partial charge on any atom is -0.361 e. The van der Waals surface area contributed by atoms with Gasteiger partial charge in [0.05, 0.1) is 12.2 Å². The molecule has 1 fully saturated rings. The molecule has 4 rings (SSSR count). The molecule has 0 bridgehead atoms. The zero-order chi connectivity index (χ0) is 17.6. The molecule has 0 saturated carbocycles. The normalized spacial score (nSPS) is 14.6. The first-order valence-electron chi connectivity index (χ1n) is 8.03. The molecule has 0 radical (unpaired) electrons. The third kappa shape index (κ3) is 2.65. The maximum atomic E-state index is 12.6. The van der Waals surface area contributed by atoms with Crippen LogP contribution < -0.4 is 0 Å². The molecule has 0 unspecified atom stereocenters. The number of fused-ring (bicyclic) bond motifs is 1. The lowest BCUT2D eigenvalue weighted by molar-refractivity contribution is 0.0498. The lowest BCUT2D eigenvalue weighted by Crippen LogP contribution is -2.50. The first-order chi connectivity index (χ1) is 12.0. The number of likely N-dealkylation sites (tertiary alicyclic amines) is 1. The van der Waals surface area contributed by atoms with Crippen LogP contribution in [0.25, 0.3) is 10.9 Å². The van der Waals surface area contributed by atoms with Crippen LogP contribution in [-0.4, -0.2) is 68.8 Å². The predicted molar refractivity (Wildman–Crippen MR) is 91.3 cm³/mol. The summed E-state index contributed by atoms with van der Waals surface area (Å²) < 4.78 is 1.66.